The van der Waals surface area contributed by atoms with Crippen molar-refractivity contribution in [3.63, 3.8) is 0 Å². The van der Waals surface area contributed by atoms with E-state index in [1.807, 2.05) is 4.72 Å². The molecule has 0 aliphatic rings. The minimum atomic E-state index is -4.73. The molecule has 0 radical (unpaired) electrons. The number of benzene rings is 2. The third kappa shape index (κ3) is 4.03. The fraction of sp³-hybridized carbons (Fsp3) is 0.143. The summed E-state index contributed by atoms with van der Waals surface area (Å²) in [7, 11) is -4.41. The normalized spacial score (nSPS) is 12.4. The van der Waals surface area contributed by atoms with Gasteiger partial charge in [0.15, 0.2) is 0 Å². The van der Waals surface area contributed by atoms with Crippen LogP contribution in [0, 0.1) is 11.6 Å². The predicted octanol–water partition coefficient (Wildman–Crippen LogP) is 4.12. The molecule has 130 valence electrons. The molecule has 0 bridgehead atoms. The first-order chi connectivity index (χ1) is 11.0. The van der Waals surface area contributed by atoms with E-state index in [-0.39, 0.29) is 0 Å². The second kappa shape index (κ2) is 6.66. The first-order valence-electron chi connectivity index (χ1n) is 6.31. The summed E-state index contributed by atoms with van der Waals surface area (Å²) < 4.78 is 91.1. The van der Waals surface area contributed by atoms with Crippen LogP contribution in [0.25, 0.3) is 0 Å². The number of rotatable bonds is 4. The molecule has 0 aliphatic heterocycles. The fourth-order valence-corrected chi connectivity index (χ4v) is 3.04. The zero-order valence-electron chi connectivity index (χ0n) is 11.7. The molecular formula is C14H9ClF5NO2S. The van der Waals surface area contributed by atoms with Gasteiger partial charge in [-0.3, -0.25) is 0 Å². The van der Waals surface area contributed by atoms with Gasteiger partial charge in [0.05, 0.1) is 15.5 Å². The summed E-state index contributed by atoms with van der Waals surface area (Å²) in [6.07, 6.45) is -4.73. The van der Waals surface area contributed by atoms with Crippen molar-refractivity contribution in [2.24, 2.45) is 0 Å². The summed E-state index contributed by atoms with van der Waals surface area (Å²) in [6.45, 7) is -0.809. The second-order valence-corrected chi connectivity index (χ2v) is 6.85. The largest absolute Gasteiger partial charge is 0.416 e. The second-order valence-electron chi connectivity index (χ2n) is 4.67. The Morgan fingerprint density at radius 2 is 1.75 bits per heavy atom. The number of halogens is 6. The van der Waals surface area contributed by atoms with Crippen LogP contribution in [-0.2, 0) is 22.7 Å². The van der Waals surface area contributed by atoms with Crippen LogP contribution in [0.15, 0.2) is 41.3 Å². The van der Waals surface area contributed by atoms with Crippen molar-refractivity contribution in [3.8, 4) is 0 Å². The van der Waals surface area contributed by atoms with Crippen molar-refractivity contribution in [2.75, 3.05) is 0 Å². The first-order valence-corrected chi connectivity index (χ1v) is 8.18. The van der Waals surface area contributed by atoms with Crippen molar-refractivity contribution in [3.05, 3.63) is 64.2 Å². The SMILES string of the molecule is O=S(=O)(NCc1c(F)ccc(Cl)c1F)c1cccc(C(F)(F)F)c1. The van der Waals surface area contributed by atoms with Crippen LogP contribution >= 0.6 is 11.6 Å². The molecule has 10 heteroatoms. The zero-order chi connectivity index (χ0) is 18.1. The molecule has 0 heterocycles. The highest BCUT2D eigenvalue weighted by atomic mass is 35.5. The van der Waals surface area contributed by atoms with E-state index in [9.17, 15) is 30.4 Å². The molecule has 1 N–H and O–H groups in total. The van der Waals surface area contributed by atoms with Gasteiger partial charge in [0.1, 0.15) is 11.6 Å². The molecule has 0 aromatic heterocycles. The summed E-state index contributed by atoms with van der Waals surface area (Å²) in [4.78, 5) is -0.680. The molecule has 3 nitrogen and oxygen atoms in total. The number of sulfonamides is 1. The van der Waals surface area contributed by atoms with Gasteiger partial charge in [-0.25, -0.2) is 21.9 Å². The lowest BCUT2D eigenvalue weighted by atomic mass is 10.2. The van der Waals surface area contributed by atoms with Crippen molar-refractivity contribution in [1.82, 2.24) is 4.72 Å². The van der Waals surface area contributed by atoms with Gasteiger partial charge in [0.25, 0.3) is 0 Å². The predicted molar refractivity (Wildman–Crippen MR) is 76.8 cm³/mol. The van der Waals surface area contributed by atoms with Gasteiger partial charge in [-0.1, -0.05) is 17.7 Å². The Morgan fingerprint density at radius 1 is 1.08 bits per heavy atom. The van der Waals surface area contributed by atoms with Crippen LogP contribution in [0.1, 0.15) is 11.1 Å². The monoisotopic (exact) mass is 385 g/mol. The summed E-state index contributed by atoms with van der Waals surface area (Å²) in [5.41, 5.74) is -1.80. The molecule has 0 unspecified atom stereocenters. The highest BCUT2D eigenvalue weighted by Crippen LogP contribution is 2.30. The standard InChI is InChI=1S/C14H9ClF5NO2S/c15-11-4-5-12(16)10(13(11)17)7-21-24(22,23)9-3-1-2-8(6-9)14(18,19)20/h1-6,21H,7H2. The van der Waals surface area contributed by atoms with Crippen molar-refractivity contribution in [1.29, 1.82) is 0 Å². The minimum absolute atomic E-state index is 0.412. The van der Waals surface area contributed by atoms with Crippen molar-refractivity contribution in [2.45, 2.75) is 17.6 Å². The highest BCUT2D eigenvalue weighted by molar-refractivity contribution is 7.89. The van der Waals surface area contributed by atoms with E-state index in [0.29, 0.717) is 12.1 Å². The van der Waals surface area contributed by atoms with Crippen LogP contribution < -0.4 is 4.72 Å². The van der Waals surface area contributed by atoms with Gasteiger partial charge in [0.2, 0.25) is 10.0 Å². The lowest BCUT2D eigenvalue weighted by Gasteiger charge is -2.11. The Labute approximate surface area is 139 Å². The number of alkyl halides is 3. The van der Waals surface area contributed by atoms with Crippen molar-refractivity contribution < 1.29 is 30.4 Å². The zero-order valence-corrected chi connectivity index (χ0v) is 13.2. The van der Waals surface area contributed by atoms with Crippen LogP contribution in [0.5, 0.6) is 0 Å². The Bertz CT molecular complexity index is 868. The first kappa shape index (κ1) is 18.6. The third-order valence-corrected chi connectivity index (χ3v) is 4.74. The van der Waals surface area contributed by atoms with Crippen LogP contribution in [0.2, 0.25) is 5.02 Å². The number of nitrogens with one attached hydrogen (secondary N) is 1. The maximum absolute atomic E-state index is 13.7. The lowest BCUT2D eigenvalue weighted by molar-refractivity contribution is -0.137. The lowest BCUT2D eigenvalue weighted by Crippen LogP contribution is -2.24. The van der Waals surface area contributed by atoms with E-state index in [0.717, 1.165) is 24.3 Å². The maximum Gasteiger partial charge on any atom is 0.416 e. The molecule has 0 aliphatic carbocycles. The van der Waals surface area contributed by atoms with Crippen LogP contribution in [0.3, 0.4) is 0 Å². The fourth-order valence-electron chi connectivity index (χ4n) is 1.82. The van der Waals surface area contributed by atoms with Crippen LogP contribution in [-0.4, -0.2) is 8.42 Å². The molecule has 2 aromatic rings. The number of hydrogen-bond acceptors (Lipinski definition) is 2. The quantitative estimate of drug-likeness (QED) is 0.636. The molecular weight excluding hydrogens is 377 g/mol. The molecule has 2 rings (SSSR count). The Balaban J connectivity index is 2.29. The summed E-state index contributed by atoms with van der Waals surface area (Å²) in [5.74, 6) is -2.19. The van der Waals surface area contributed by atoms with E-state index >= 15 is 0 Å². The van der Waals surface area contributed by atoms with E-state index < -0.39 is 55.4 Å². The smallest absolute Gasteiger partial charge is 0.207 e. The molecule has 0 saturated carbocycles. The van der Waals surface area contributed by atoms with Gasteiger partial charge in [-0.2, -0.15) is 13.2 Å². The summed E-state index contributed by atoms with van der Waals surface area (Å²) in [6, 6.07) is 4.78. The van der Waals surface area contributed by atoms with E-state index in [4.69, 9.17) is 11.6 Å². The molecule has 24 heavy (non-hydrogen) atoms. The summed E-state index contributed by atoms with van der Waals surface area (Å²) >= 11 is 5.48. The van der Waals surface area contributed by atoms with E-state index in [2.05, 4.69) is 0 Å². The number of hydrogen-bond donors (Lipinski definition) is 1. The van der Waals surface area contributed by atoms with Gasteiger partial charge < -0.3 is 0 Å². The molecule has 0 saturated heterocycles. The van der Waals surface area contributed by atoms with Gasteiger partial charge in [0, 0.05) is 12.1 Å². The van der Waals surface area contributed by atoms with Crippen molar-refractivity contribution >= 4 is 21.6 Å². The Hall–Kier alpha value is -1.71. The Morgan fingerprint density at radius 3 is 2.38 bits per heavy atom. The average Bonchev–Trinajstić information content (AvgIpc) is 2.50. The average molecular weight is 386 g/mol. The van der Waals surface area contributed by atoms with Crippen LogP contribution in [0.4, 0.5) is 22.0 Å². The summed E-state index contributed by atoms with van der Waals surface area (Å²) in [5, 5.41) is -0.412. The maximum atomic E-state index is 13.7. The highest BCUT2D eigenvalue weighted by Gasteiger charge is 2.31. The molecule has 2 aromatic carbocycles. The Kier molecular flexibility index (Phi) is 5.17. The van der Waals surface area contributed by atoms with E-state index in [1.165, 1.54) is 0 Å². The topological polar surface area (TPSA) is 46.2 Å². The molecule has 0 amide bonds. The van der Waals surface area contributed by atoms with Gasteiger partial charge in [-0.05, 0) is 30.3 Å². The molecule has 0 fully saturated rings. The molecule has 0 spiro atoms. The van der Waals surface area contributed by atoms with Gasteiger partial charge in [-0.15, -0.1) is 0 Å². The third-order valence-electron chi connectivity index (χ3n) is 3.05. The minimum Gasteiger partial charge on any atom is -0.207 e. The van der Waals surface area contributed by atoms with E-state index in [1.54, 1.807) is 0 Å². The molecule has 0 atom stereocenters. The van der Waals surface area contributed by atoms with Gasteiger partial charge >= 0.3 is 6.18 Å².